The second kappa shape index (κ2) is 8.63. The first kappa shape index (κ1) is 15.6. The lowest BCUT2D eigenvalue weighted by Crippen LogP contribution is -2.13. The molecule has 1 rings (SSSR count). The van der Waals surface area contributed by atoms with Gasteiger partial charge in [-0.25, -0.2) is 0 Å². The van der Waals surface area contributed by atoms with E-state index in [0.717, 1.165) is 22.4 Å². The van der Waals surface area contributed by atoms with E-state index in [4.69, 9.17) is 14.2 Å². The maximum Gasteiger partial charge on any atom is 0.0738 e. The topological polar surface area (TPSA) is 45.5 Å². The van der Waals surface area contributed by atoms with Crippen LogP contribution >= 0.6 is 15.9 Å². The van der Waals surface area contributed by atoms with Crippen LogP contribution in [0.3, 0.4) is 0 Å². The number of ether oxygens (including phenoxy) is 3. The van der Waals surface area contributed by atoms with Crippen LogP contribution in [0.1, 0.15) is 11.4 Å². The number of methoxy groups -OCH3 is 1. The summed E-state index contributed by atoms with van der Waals surface area (Å²) >= 11 is 3.50. The molecule has 0 bridgehead atoms. The number of halogens is 1. The lowest BCUT2D eigenvalue weighted by molar-refractivity contribution is 0.0224. The van der Waals surface area contributed by atoms with Crippen LogP contribution in [-0.4, -0.2) is 49.9 Å². The van der Waals surface area contributed by atoms with Crippen LogP contribution in [0, 0.1) is 13.8 Å². The van der Waals surface area contributed by atoms with Gasteiger partial charge >= 0.3 is 0 Å². The Kier molecular flexibility index (Phi) is 7.50. The molecule has 0 amide bonds. The largest absolute Gasteiger partial charge is 0.382 e. The highest BCUT2D eigenvalue weighted by Gasteiger charge is 2.07. The third-order valence-electron chi connectivity index (χ3n) is 2.54. The maximum absolute atomic E-state index is 5.48. The highest BCUT2D eigenvalue weighted by molar-refractivity contribution is 9.10. The zero-order valence-corrected chi connectivity index (χ0v) is 12.8. The molecule has 1 aromatic rings. The normalized spacial score (nSPS) is 11.1. The van der Waals surface area contributed by atoms with Crippen LogP contribution in [0.2, 0.25) is 0 Å². The van der Waals surface area contributed by atoms with Gasteiger partial charge in [-0.15, -0.1) is 0 Å². The Bertz CT molecular complexity index is 355. The van der Waals surface area contributed by atoms with Crippen molar-refractivity contribution in [2.24, 2.45) is 0 Å². The zero-order valence-electron chi connectivity index (χ0n) is 11.2. The minimum absolute atomic E-state index is 0.601. The predicted molar refractivity (Wildman–Crippen MR) is 72.9 cm³/mol. The predicted octanol–water partition coefficient (Wildman–Crippen LogP) is 1.94. The smallest absolute Gasteiger partial charge is 0.0738 e. The quantitative estimate of drug-likeness (QED) is 0.652. The highest BCUT2D eigenvalue weighted by atomic mass is 79.9. The lowest BCUT2D eigenvalue weighted by atomic mass is 10.4. The minimum atomic E-state index is 0.601. The summed E-state index contributed by atoms with van der Waals surface area (Å²) in [5.41, 5.74) is 2.14. The molecule has 0 spiro atoms. The molecule has 104 valence electrons. The molecule has 1 aromatic heterocycles. The Hall–Kier alpha value is -0.430. The second-order valence-corrected chi connectivity index (χ2v) is 4.72. The monoisotopic (exact) mass is 320 g/mol. The third kappa shape index (κ3) is 5.06. The van der Waals surface area contributed by atoms with Gasteiger partial charge in [0.25, 0.3) is 0 Å². The van der Waals surface area contributed by atoms with E-state index in [1.807, 2.05) is 18.5 Å². The summed E-state index contributed by atoms with van der Waals surface area (Å²) in [7, 11) is 1.66. The molecule has 6 heteroatoms. The molecule has 18 heavy (non-hydrogen) atoms. The first-order chi connectivity index (χ1) is 8.66. The molecule has 0 unspecified atom stereocenters. The van der Waals surface area contributed by atoms with Gasteiger partial charge in [0.2, 0.25) is 0 Å². The van der Waals surface area contributed by atoms with Gasteiger partial charge in [0.1, 0.15) is 0 Å². The van der Waals surface area contributed by atoms with Crippen molar-refractivity contribution in [1.82, 2.24) is 9.78 Å². The van der Waals surface area contributed by atoms with Crippen molar-refractivity contribution in [2.75, 3.05) is 40.1 Å². The van der Waals surface area contributed by atoms with E-state index in [1.165, 1.54) is 0 Å². The van der Waals surface area contributed by atoms with Crippen molar-refractivity contribution in [3.8, 4) is 0 Å². The van der Waals surface area contributed by atoms with Crippen LogP contribution in [0.4, 0.5) is 0 Å². The van der Waals surface area contributed by atoms with Gasteiger partial charge in [0, 0.05) is 12.8 Å². The summed E-state index contributed by atoms with van der Waals surface area (Å²) in [4.78, 5) is 0. The first-order valence-electron chi connectivity index (χ1n) is 6.00. The fourth-order valence-electron chi connectivity index (χ4n) is 1.51. The number of nitrogens with zero attached hydrogens (tertiary/aromatic N) is 2. The molecule has 0 atom stereocenters. The van der Waals surface area contributed by atoms with Gasteiger partial charge < -0.3 is 14.2 Å². The first-order valence-corrected chi connectivity index (χ1v) is 6.80. The molecule has 0 aromatic carbocycles. The SMILES string of the molecule is COCCOCCOCCn1nc(C)c(Br)c1C. The van der Waals surface area contributed by atoms with Gasteiger partial charge in [-0.1, -0.05) is 0 Å². The Morgan fingerprint density at radius 2 is 1.67 bits per heavy atom. The van der Waals surface area contributed by atoms with Crippen molar-refractivity contribution in [3.05, 3.63) is 15.9 Å². The van der Waals surface area contributed by atoms with Crippen molar-refractivity contribution < 1.29 is 14.2 Å². The van der Waals surface area contributed by atoms with Crippen molar-refractivity contribution in [3.63, 3.8) is 0 Å². The molecular formula is C12H21BrN2O3. The number of aryl methyl sites for hydroxylation is 1. The Morgan fingerprint density at radius 1 is 1.06 bits per heavy atom. The summed E-state index contributed by atoms with van der Waals surface area (Å²) < 4.78 is 18.7. The summed E-state index contributed by atoms with van der Waals surface area (Å²) in [6.07, 6.45) is 0. The molecule has 0 fully saturated rings. The van der Waals surface area contributed by atoms with E-state index < -0.39 is 0 Å². The van der Waals surface area contributed by atoms with Crippen LogP contribution in [-0.2, 0) is 20.8 Å². The summed E-state index contributed by atoms with van der Waals surface area (Å²) in [6.45, 7) is 7.87. The number of hydrogen-bond donors (Lipinski definition) is 0. The van der Waals surface area contributed by atoms with Gasteiger partial charge in [0.05, 0.1) is 49.7 Å². The molecule has 1 heterocycles. The number of aromatic nitrogens is 2. The van der Waals surface area contributed by atoms with E-state index in [2.05, 4.69) is 21.0 Å². The van der Waals surface area contributed by atoms with E-state index in [0.29, 0.717) is 33.0 Å². The number of rotatable bonds is 9. The van der Waals surface area contributed by atoms with Crippen molar-refractivity contribution in [2.45, 2.75) is 20.4 Å². The molecular weight excluding hydrogens is 300 g/mol. The lowest BCUT2D eigenvalue weighted by Gasteiger charge is -2.07. The molecule has 5 nitrogen and oxygen atoms in total. The molecule has 0 aliphatic heterocycles. The Morgan fingerprint density at radius 3 is 2.22 bits per heavy atom. The molecule has 0 N–H and O–H groups in total. The second-order valence-electron chi connectivity index (χ2n) is 3.93. The van der Waals surface area contributed by atoms with Gasteiger partial charge in [-0.05, 0) is 29.8 Å². The fourth-order valence-corrected chi connectivity index (χ4v) is 1.79. The van der Waals surface area contributed by atoms with Crippen molar-refractivity contribution >= 4 is 15.9 Å². The van der Waals surface area contributed by atoms with Crippen molar-refractivity contribution in [1.29, 1.82) is 0 Å². The summed E-state index contributed by atoms with van der Waals surface area (Å²) in [5, 5.41) is 4.41. The molecule has 0 radical (unpaired) electrons. The molecule has 0 saturated carbocycles. The van der Waals surface area contributed by atoms with Crippen LogP contribution in [0.5, 0.6) is 0 Å². The maximum atomic E-state index is 5.48. The Labute approximate surface area is 117 Å². The van der Waals surface area contributed by atoms with Crippen LogP contribution in [0.25, 0.3) is 0 Å². The molecule has 0 saturated heterocycles. The van der Waals surface area contributed by atoms with Gasteiger partial charge in [-0.3, -0.25) is 4.68 Å². The van der Waals surface area contributed by atoms with Crippen LogP contribution in [0.15, 0.2) is 4.47 Å². The Balaban J connectivity index is 2.09. The van der Waals surface area contributed by atoms with Crippen LogP contribution < -0.4 is 0 Å². The summed E-state index contributed by atoms with van der Waals surface area (Å²) in [6, 6.07) is 0. The van der Waals surface area contributed by atoms with Gasteiger partial charge in [-0.2, -0.15) is 5.10 Å². The van der Waals surface area contributed by atoms with Gasteiger partial charge in [0.15, 0.2) is 0 Å². The standard InChI is InChI=1S/C12H21BrN2O3/c1-10-12(13)11(2)15(14-10)4-5-17-8-9-18-7-6-16-3/h4-9H2,1-3H3. The summed E-state index contributed by atoms with van der Waals surface area (Å²) in [5.74, 6) is 0. The fraction of sp³-hybridized carbons (Fsp3) is 0.750. The third-order valence-corrected chi connectivity index (χ3v) is 3.69. The van der Waals surface area contributed by atoms with E-state index >= 15 is 0 Å². The van der Waals surface area contributed by atoms with E-state index in [9.17, 15) is 0 Å². The van der Waals surface area contributed by atoms with E-state index in [1.54, 1.807) is 7.11 Å². The average molecular weight is 321 g/mol. The minimum Gasteiger partial charge on any atom is -0.382 e. The van der Waals surface area contributed by atoms with E-state index in [-0.39, 0.29) is 0 Å². The molecule has 0 aliphatic carbocycles. The zero-order chi connectivity index (χ0) is 13.4. The average Bonchev–Trinajstić information content (AvgIpc) is 2.60. The highest BCUT2D eigenvalue weighted by Crippen LogP contribution is 2.19. The number of hydrogen-bond acceptors (Lipinski definition) is 4. The molecule has 0 aliphatic rings.